The number of anilines is 1. The number of sulfonamides is 1. The summed E-state index contributed by atoms with van der Waals surface area (Å²) >= 11 is 0. The van der Waals surface area contributed by atoms with Gasteiger partial charge in [0.25, 0.3) is 10.0 Å². The van der Waals surface area contributed by atoms with Gasteiger partial charge in [0.05, 0.1) is 16.1 Å². The maximum Gasteiger partial charge on any atom is 0.261 e. The number of nitriles is 1. The van der Waals surface area contributed by atoms with Crippen LogP contribution in [0.4, 0.5) is 5.69 Å². The number of benzene rings is 2. The Hall–Kier alpha value is -2.32. The predicted octanol–water partition coefficient (Wildman–Crippen LogP) is 2.92. The van der Waals surface area contributed by atoms with Crippen molar-refractivity contribution in [3.8, 4) is 6.07 Å². The van der Waals surface area contributed by atoms with E-state index in [2.05, 4.69) is 4.72 Å². The molecule has 2 rings (SSSR count). The van der Waals surface area contributed by atoms with Gasteiger partial charge in [0.2, 0.25) is 0 Å². The average Bonchev–Trinajstić information content (AvgIpc) is 2.47. The normalized spacial score (nSPS) is 10.8. The Morgan fingerprint density at radius 3 is 2.35 bits per heavy atom. The molecule has 0 saturated carbocycles. The summed E-state index contributed by atoms with van der Waals surface area (Å²) in [5.41, 5.74) is 1.65. The maximum absolute atomic E-state index is 12.2. The molecule has 2 aromatic rings. The van der Waals surface area contributed by atoms with Crippen molar-refractivity contribution in [2.75, 3.05) is 4.72 Å². The molecule has 0 amide bonds. The number of nitrogens with zero attached hydrogens (tertiary/aromatic N) is 1. The molecule has 2 aromatic carbocycles. The standard InChI is InChI=1S/C15H14N2O2S/c1-2-12-7-9-14(10-8-12)20(18,19)17-15-6-4-3-5-13(15)11-16/h3-10,17H,2H2,1H3. The molecule has 0 spiro atoms. The molecular formula is C15H14N2O2S. The van der Waals surface area contributed by atoms with E-state index in [9.17, 15) is 8.42 Å². The summed E-state index contributed by atoms with van der Waals surface area (Å²) in [5, 5.41) is 8.97. The zero-order valence-electron chi connectivity index (χ0n) is 11.0. The third-order valence-corrected chi connectivity index (χ3v) is 4.32. The molecule has 0 bridgehead atoms. The molecule has 0 atom stereocenters. The van der Waals surface area contributed by atoms with Crippen molar-refractivity contribution in [2.24, 2.45) is 0 Å². The average molecular weight is 286 g/mol. The fraction of sp³-hybridized carbons (Fsp3) is 0.133. The maximum atomic E-state index is 12.2. The van der Waals surface area contributed by atoms with Crippen molar-refractivity contribution in [3.63, 3.8) is 0 Å². The second kappa shape index (κ2) is 5.76. The van der Waals surface area contributed by atoms with E-state index in [-0.39, 0.29) is 10.6 Å². The van der Waals surface area contributed by atoms with Crippen molar-refractivity contribution in [3.05, 3.63) is 59.7 Å². The van der Waals surface area contributed by atoms with Crippen molar-refractivity contribution >= 4 is 15.7 Å². The highest BCUT2D eigenvalue weighted by atomic mass is 32.2. The summed E-state index contributed by atoms with van der Waals surface area (Å²) in [7, 11) is -3.67. The first-order chi connectivity index (χ1) is 9.56. The number of hydrogen-bond donors (Lipinski definition) is 1. The lowest BCUT2D eigenvalue weighted by molar-refractivity contribution is 0.601. The van der Waals surface area contributed by atoms with Gasteiger partial charge < -0.3 is 0 Å². The van der Waals surface area contributed by atoms with Crippen LogP contribution in [0.15, 0.2) is 53.4 Å². The molecule has 1 N–H and O–H groups in total. The van der Waals surface area contributed by atoms with Gasteiger partial charge in [0, 0.05) is 0 Å². The highest BCUT2D eigenvalue weighted by Gasteiger charge is 2.15. The van der Waals surface area contributed by atoms with Crippen LogP contribution in [0, 0.1) is 11.3 Å². The Balaban J connectivity index is 2.33. The second-order valence-electron chi connectivity index (χ2n) is 4.26. The minimum Gasteiger partial charge on any atom is -0.278 e. The summed E-state index contributed by atoms with van der Waals surface area (Å²) < 4.78 is 26.9. The van der Waals surface area contributed by atoms with Crippen LogP contribution in [0.25, 0.3) is 0 Å². The highest BCUT2D eigenvalue weighted by molar-refractivity contribution is 7.92. The molecular weight excluding hydrogens is 272 g/mol. The molecule has 0 saturated heterocycles. The van der Waals surface area contributed by atoms with Gasteiger partial charge in [-0.05, 0) is 36.2 Å². The van der Waals surface area contributed by atoms with Crippen LogP contribution >= 0.6 is 0 Å². The summed E-state index contributed by atoms with van der Waals surface area (Å²) in [4.78, 5) is 0.183. The molecule has 0 unspecified atom stereocenters. The lowest BCUT2D eigenvalue weighted by Gasteiger charge is -2.09. The van der Waals surface area contributed by atoms with Crippen LogP contribution in [0.5, 0.6) is 0 Å². The van der Waals surface area contributed by atoms with Crippen LogP contribution in [0.2, 0.25) is 0 Å². The molecule has 0 aliphatic rings. The van der Waals surface area contributed by atoms with Crippen LogP contribution in [0.3, 0.4) is 0 Å². The molecule has 0 radical (unpaired) electrons. The third kappa shape index (κ3) is 2.98. The van der Waals surface area contributed by atoms with Crippen molar-refractivity contribution < 1.29 is 8.42 Å². The molecule has 0 aliphatic heterocycles. The van der Waals surface area contributed by atoms with Crippen molar-refractivity contribution in [1.29, 1.82) is 5.26 Å². The zero-order valence-corrected chi connectivity index (χ0v) is 11.8. The summed E-state index contributed by atoms with van der Waals surface area (Å²) in [6.45, 7) is 2.00. The van der Waals surface area contributed by atoms with Gasteiger partial charge in [0.1, 0.15) is 6.07 Å². The monoisotopic (exact) mass is 286 g/mol. The van der Waals surface area contributed by atoms with Gasteiger partial charge in [-0.15, -0.1) is 0 Å². The number of rotatable bonds is 4. The van der Waals surface area contributed by atoms with E-state index >= 15 is 0 Å². The fourth-order valence-corrected chi connectivity index (χ4v) is 2.86. The van der Waals surface area contributed by atoms with Crippen LogP contribution < -0.4 is 4.72 Å². The second-order valence-corrected chi connectivity index (χ2v) is 5.94. The Morgan fingerprint density at radius 1 is 1.10 bits per heavy atom. The lowest BCUT2D eigenvalue weighted by Crippen LogP contribution is -2.13. The van der Waals surface area contributed by atoms with Crippen LogP contribution in [-0.4, -0.2) is 8.42 Å². The molecule has 5 heteroatoms. The summed E-state index contributed by atoms with van der Waals surface area (Å²) in [6, 6.07) is 15.2. The van der Waals surface area contributed by atoms with E-state index in [0.29, 0.717) is 5.56 Å². The molecule has 0 heterocycles. The summed E-state index contributed by atoms with van der Waals surface area (Å²) in [5.74, 6) is 0. The molecule has 102 valence electrons. The fourth-order valence-electron chi connectivity index (χ4n) is 1.78. The zero-order chi connectivity index (χ0) is 14.6. The Morgan fingerprint density at radius 2 is 1.75 bits per heavy atom. The quantitative estimate of drug-likeness (QED) is 0.939. The van der Waals surface area contributed by atoms with E-state index in [4.69, 9.17) is 5.26 Å². The van der Waals surface area contributed by atoms with E-state index in [0.717, 1.165) is 12.0 Å². The predicted molar refractivity (Wildman–Crippen MR) is 77.8 cm³/mol. The van der Waals surface area contributed by atoms with Gasteiger partial charge in [-0.3, -0.25) is 4.72 Å². The van der Waals surface area contributed by atoms with E-state index < -0.39 is 10.0 Å². The van der Waals surface area contributed by atoms with E-state index in [1.54, 1.807) is 48.5 Å². The molecule has 0 fully saturated rings. The number of hydrogen-bond acceptors (Lipinski definition) is 3. The Bertz CT molecular complexity index is 744. The lowest BCUT2D eigenvalue weighted by atomic mass is 10.2. The van der Waals surface area contributed by atoms with E-state index in [1.165, 1.54) is 0 Å². The Labute approximate surface area is 118 Å². The molecule has 4 nitrogen and oxygen atoms in total. The van der Waals surface area contributed by atoms with Gasteiger partial charge in [0.15, 0.2) is 0 Å². The van der Waals surface area contributed by atoms with Gasteiger partial charge in [-0.2, -0.15) is 5.26 Å². The number of aryl methyl sites for hydroxylation is 1. The molecule has 20 heavy (non-hydrogen) atoms. The minimum atomic E-state index is -3.67. The Kier molecular flexibility index (Phi) is 4.06. The molecule has 0 aromatic heterocycles. The largest absolute Gasteiger partial charge is 0.278 e. The third-order valence-electron chi connectivity index (χ3n) is 2.93. The first kappa shape index (κ1) is 14.1. The van der Waals surface area contributed by atoms with Crippen LogP contribution in [0.1, 0.15) is 18.1 Å². The highest BCUT2D eigenvalue weighted by Crippen LogP contribution is 2.19. The first-order valence-corrected chi connectivity index (χ1v) is 7.66. The topological polar surface area (TPSA) is 70.0 Å². The smallest absolute Gasteiger partial charge is 0.261 e. The molecule has 0 aliphatic carbocycles. The van der Waals surface area contributed by atoms with E-state index in [1.807, 2.05) is 13.0 Å². The van der Waals surface area contributed by atoms with Crippen molar-refractivity contribution in [1.82, 2.24) is 0 Å². The van der Waals surface area contributed by atoms with Gasteiger partial charge in [-0.25, -0.2) is 8.42 Å². The summed E-state index contributed by atoms with van der Waals surface area (Å²) in [6.07, 6.45) is 0.852. The van der Waals surface area contributed by atoms with Gasteiger partial charge >= 0.3 is 0 Å². The van der Waals surface area contributed by atoms with Gasteiger partial charge in [-0.1, -0.05) is 31.2 Å². The first-order valence-electron chi connectivity index (χ1n) is 6.17. The number of para-hydroxylation sites is 1. The number of nitrogens with one attached hydrogen (secondary N) is 1. The van der Waals surface area contributed by atoms with Crippen molar-refractivity contribution in [2.45, 2.75) is 18.2 Å². The SMILES string of the molecule is CCc1ccc(S(=O)(=O)Nc2ccccc2C#N)cc1. The van der Waals surface area contributed by atoms with Crippen LogP contribution in [-0.2, 0) is 16.4 Å². The minimum absolute atomic E-state index is 0.183.